The van der Waals surface area contributed by atoms with E-state index in [1.165, 1.54) is 13.8 Å². The van der Waals surface area contributed by atoms with Crippen LogP contribution in [0.15, 0.2) is 0 Å². The van der Waals surface area contributed by atoms with Crippen molar-refractivity contribution in [1.82, 2.24) is 4.90 Å². The molecule has 0 saturated heterocycles. The van der Waals surface area contributed by atoms with E-state index in [2.05, 4.69) is 0 Å². The highest BCUT2D eigenvalue weighted by molar-refractivity contribution is 5.90. The molecule has 1 amide bonds. The summed E-state index contributed by atoms with van der Waals surface area (Å²) in [6.07, 6.45) is -0.512. The summed E-state index contributed by atoms with van der Waals surface area (Å²) in [6.45, 7) is 1.07. The van der Waals surface area contributed by atoms with Gasteiger partial charge in [0, 0.05) is 0 Å². The van der Waals surface area contributed by atoms with E-state index in [9.17, 15) is 19.2 Å². The van der Waals surface area contributed by atoms with Gasteiger partial charge in [0.15, 0.2) is 0 Å². The van der Waals surface area contributed by atoms with Gasteiger partial charge in [-0.05, 0) is 0 Å². The normalized spacial score (nSPS) is 10.8. The van der Waals surface area contributed by atoms with Crippen LogP contribution in [-0.4, -0.2) is 57.1 Å². The summed E-state index contributed by atoms with van der Waals surface area (Å²) >= 11 is 0. The lowest BCUT2D eigenvalue weighted by Gasteiger charge is -2.28. The summed E-state index contributed by atoms with van der Waals surface area (Å²) in [7, 11) is 0. The number of hydrogen-bond donors (Lipinski definition) is 3. The lowest BCUT2D eigenvalue weighted by atomic mass is 9.87. The molecule has 0 aromatic heterocycles. The first-order valence-electron chi connectivity index (χ1n) is 5.01. The van der Waals surface area contributed by atoms with Crippen molar-refractivity contribution < 1.29 is 34.5 Å². The average Bonchev–Trinajstić information content (AvgIpc) is 2.11. The summed E-state index contributed by atoms with van der Waals surface area (Å²) < 4.78 is 0. The predicted octanol–water partition coefficient (Wildman–Crippen LogP) is -0.515. The molecule has 8 heteroatoms. The molecule has 0 aliphatic heterocycles. The monoisotopic (exact) mass is 261 g/mol. The fourth-order valence-electron chi connectivity index (χ4n) is 1.41. The molecule has 0 fully saturated rings. The van der Waals surface area contributed by atoms with E-state index in [-0.39, 0.29) is 0 Å². The van der Waals surface area contributed by atoms with E-state index >= 15 is 0 Å². The van der Waals surface area contributed by atoms with Gasteiger partial charge in [-0.15, -0.1) is 0 Å². The predicted molar refractivity (Wildman–Crippen MR) is 57.9 cm³/mol. The molecule has 0 spiro atoms. The molecule has 0 aromatic carbocycles. The molecule has 0 aromatic rings. The third kappa shape index (κ3) is 5.28. The zero-order valence-corrected chi connectivity index (χ0v) is 10.0. The van der Waals surface area contributed by atoms with Gasteiger partial charge in [-0.25, -0.2) is 0 Å². The van der Waals surface area contributed by atoms with Crippen molar-refractivity contribution in [3.8, 4) is 0 Å². The fraction of sp³-hybridized carbons (Fsp3) is 0.600. The molecule has 0 aliphatic carbocycles. The number of hydrogen-bond acceptors (Lipinski definition) is 4. The number of amides is 1. The van der Waals surface area contributed by atoms with E-state index in [0.717, 1.165) is 0 Å². The molecule has 8 nitrogen and oxygen atoms in total. The minimum absolute atomic E-state index is 0.512. The Morgan fingerprint density at radius 3 is 1.56 bits per heavy atom. The van der Waals surface area contributed by atoms with E-state index in [1.54, 1.807) is 0 Å². The SMILES string of the molecule is CC(C)(CC(=O)O)C(=O)N(CC(=O)O)CC(=O)O. The lowest BCUT2D eigenvalue weighted by Crippen LogP contribution is -2.46. The van der Waals surface area contributed by atoms with Crippen LogP contribution < -0.4 is 0 Å². The largest absolute Gasteiger partial charge is 0.481 e. The van der Waals surface area contributed by atoms with Crippen LogP contribution in [0, 0.1) is 5.41 Å². The Balaban J connectivity index is 4.98. The van der Waals surface area contributed by atoms with Crippen LogP contribution in [0.2, 0.25) is 0 Å². The van der Waals surface area contributed by atoms with Gasteiger partial charge in [0.05, 0.1) is 11.8 Å². The number of rotatable bonds is 7. The molecular formula is C10H15NO7. The second-order valence-electron chi connectivity index (χ2n) is 4.40. The number of carboxylic acid groups (broad SMARTS) is 3. The minimum atomic E-state index is -1.37. The van der Waals surface area contributed by atoms with Crippen molar-refractivity contribution in [3.63, 3.8) is 0 Å². The molecular weight excluding hydrogens is 246 g/mol. The second kappa shape index (κ2) is 5.99. The van der Waals surface area contributed by atoms with E-state index < -0.39 is 48.7 Å². The minimum Gasteiger partial charge on any atom is -0.481 e. The Hall–Kier alpha value is -2.12. The van der Waals surface area contributed by atoms with Crippen molar-refractivity contribution in [2.75, 3.05) is 13.1 Å². The molecule has 0 atom stereocenters. The van der Waals surface area contributed by atoms with Crippen LogP contribution >= 0.6 is 0 Å². The Labute approximate surface area is 103 Å². The first-order chi connectivity index (χ1) is 8.06. The first kappa shape index (κ1) is 15.9. The second-order valence-corrected chi connectivity index (χ2v) is 4.40. The summed E-state index contributed by atoms with van der Waals surface area (Å²) in [5, 5.41) is 25.8. The van der Waals surface area contributed by atoms with Crippen LogP contribution in [0.3, 0.4) is 0 Å². The van der Waals surface area contributed by atoms with Crippen molar-refractivity contribution in [2.45, 2.75) is 20.3 Å². The quantitative estimate of drug-likeness (QED) is 0.561. The zero-order valence-electron chi connectivity index (χ0n) is 10.0. The highest BCUT2D eigenvalue weighted by Crippen LogP contribution is 2.23. The van der Waals surface area contributed by atoms with Crippen molar-refractivity contribution in [1.29, 1.82) is 0 Å². The maximum Gasteiger partial charge on any atom is 0.323 e. The molecule has 0 rings (SSSR count). The summed E-state index contributed by atoms with van der Waals surface area (Å²) in [5.74, 6) is -4.78. The van der Waals surface area contributed by atoms with Crippen molar-refractivity contribution >= 4 is 23.8 Å². The van der Waals surface area contributed by atoms with Gasteiger partial charge in [-0.3, -0.25) is 19.2 Å². The average molecular weight is 261 g/mol. The lowest BCUT2D eigenvalue weighted by molar-refractivity contribution is -0.155. The Bertz CT molecular complexity index is 358. The maximum atomic E-state index is 11.9. The number of nitrogens with zero attached hydrogens (tertiary/aromatic N) is 1. The van der Waals surface area contributed by atoms with Crippen molar-refractivity contribution in [3.05, 3.63) is 0 Å². The molecule has 0 bridgehead atoms. The maximum absolute atomic E-state index is 11.9. The summed E-state index contributed by atoms with van der Waals surface area (Å²) in [5.41, 5.74) is -1.36. The van der Waals surface area contributed by atoms with Crippen LogP contribution in [0.25, 0.3) is 0 Å². The van der Waals surface area contributed by atoms with E-state index in [4.69, 9.17) is 15.3 Å². The van der Waals surface area contributed by atoms with Gasteiger partial charge in [-0.2, -0.15) is 0 Å². The third-order valence-electron chi connectivity index (χ3n) is 2.11. The smallest absolute Gasteiger partial charge is 0.323 e. The summed E-state index contributed by atoms with van der Waals surface area (Å²) in [4.78, 5) is 44.2. The Morgan fingerprint density at radius 2 is 1.28 bits per heavy atom. The summed E-state index contributed by atoms with van der Waals surface area (Å²) in [6, 6.07) is 0. The molecule has 0 aliphatic rings. The zero-order chi connectivity index (χ0) is 14.5. The molecule has 18 heavy (non-hydrogen) atoms. The first-order valence-corrected chi connectivity index (χ1v) is 5.01. The van der Waals surface area contributed by atoms with Crippen LogP contribution in [0.5, 0.6) is 0 Å². The van der Waals surface area contributed by atoms with E-state index in [1.807, 2.05) is 0 Å². The number of carbonyl (C=O) groups is 4. The third-order valence-corrected chi connectivity index (χ3v) is 2.11. The molecule has 0 heterocycles. The molecule has 102 valence electrons. The van der Waals surface area contributed by atoms with Crippen molar-refractivity contribution in [2.24, 2.45) is 5.41 Å². The highest BCUT2D eigenvalue weighted by atomic mass is 16.4. The van der Waals surface area contributed by atoms with Gasteiger partial charge in [0.2, 0.25) is 5.91 Å². The number of carbonyl (C=O) groups excluding carboxylic acids is 1. The number of carboxylic acids is 3. The highest BCUT2D eigenvalue weighted by Gasteiger charge is 2.35. The van der Waals surface area contributed by atoms with Gasteiger partial charge in [0.25, 0.3) is 0 Å². The van der Waals surface area contributed by atoms with Gasteiger partial charge < -0.3 is 20.2 Å². The Kier molecular flexibility index (Phi) is 5.28. The van der Waals surface area contributed by atoms with E-state index in [0.29, 0.717) is 4.90 Å². The molecule has 0 unspecified atom stereocenters. The van der Waals surface area contributed by atoms with Gasteiger partial charge in [0.1, 0.15) is 13.1 Å². The van der Waals surface area contributed by atoms with Crippen LogP contribution in [0.1, 0.15) is 20.3 Å². The molecule has 0 radical (unpaired) electrons. The van der Waals surface area contributed by atoms with Gasteiger partial charge in [-0.1, -0.05) is 13.8 Å². The standard InChI is InChI=1S/C10H15NO7/c1-10(2,3-6(12)13)9(18)11(4-7(14)15)5-8(16)17/h3-5H2,1-2H3,(H,12,13)(H,14,15)(H,16,17). The van der Waals surface area contributed by atoms with Gasteiger partial charge >= 0.3 is 17.9 Å². The number of aliphatic carboxylic acids is 3. The van der Waals surface area contributed by atoms with Crippen LogP contribution in [-0.2, 0) is 19.2 Å². The topological polar surface area (TPSA) is 132 Å². The molecule has 3 N–H and O–H groups in total. The Morgan fingerprint density at radius 1 is 0.889 bits per heavy atom. The fourth-order valence-corrected chi connectivity index (χ4v) is 1.41. The molecule has 0 saturated carbocycles. The van der Waals surface area contributed by atoms with Crippen LogP contribution in [0.4, 0.5) is 0 Å².